The van der Waals surface area contributed by atoms with E-state index in [2.05, 4.69) is 28.4 Å². The molecule has 1 amide bonds. The number of carbonyl (C=O) groups excluding carboxylic acids is 1. The maximum Gasteiger partial charge on any atom is 0.261 e. The predicted octanol–water partition coefficient (Wildman–Crippen LogP) is 5.01. The zero-order chi connectivity index (χ0) is 28.2. The van der Waals surface area contributed by atoms with Crippen LogP contribution in [0, 0.1) is 6.92 Å². The van der Waals surface area contributed by atoms with Crippen LogP contribution in [-0.4, -0.2) is 46.2 Å². The summed E-state index contributed by atoms with van der Waals surface area (Å²) in [6, 6.07) is 10.5. The highest BCUT2D eigenvalue weighted by molar-refractivity contribution is 6.30. The molecule has 10 heteroatoms. The molecule has 1 aliphatic rings. The minimum atomic E-state index is -0.454. The van der Waals surface area contributed by atoms with E-state index in [1.807, 2.05) is 51.4 Å². The molecule has 0 radical (unpaired) electrons. The first-order valence-electron chi connectivity index (χ1n) is 12.6. The van der Waals surface area contributed by atoms with E-state index in [1.54, 1.807) is 42.4 Å². The fourth-order valence-electron chi connectivity index (χ4n) is 5.19. The minimum absolute atomic E-state index is 0.00856. The van der Waals surface area contributed by atoms with Gasteiger partial charge in [-0.15, -0.1) is 0 Å². The highest BCUT2D eigenvalue weighted by atomic mass is 35.5. The molecule has 0 bridgehead atoms. The van der Waals surface area contributed by atoms with E-state index in [9.17, 15) is 9.59 Å². The van der Waals surface area contributed by atoms with Gasteiger partial charge in [-0.2, -0.15) is 4.98 Å². The van der Waals surface area contributed by atoms with Crippen molar-refractivity contribution in [3.63, 3.8) is 0 Å². The fourth-order valence-corrected chi connectivity index (χ4v) is 5.32. The van der Waals surface area contributed by atoms with Gasteiger partial charge in [0.1, 0.15) is 6.04 Å². The lowest BCUT2D eigenvalue weighted by Crippen LogP contribution is -2.32. The summed E-state index contributed by atoms with van der Waals surface area (Å²) in [6.45, 7) is 6.01. The van der Waals surface area contributed by atoms with Crippen molar-refractivity contribution in [1.82, 2.24) is 19.1 Å². The number of amides is 1. The topological polar surface area (TPSA) is 85.5 Å². The van der Waals surface area contributed by atoms with E-state index in [1.165, 1.54) is 4.57 Å². The summed E-state index contributed by atoms with van der Waals surface area (Å²) >= 11 is 6.24. The first-order valence-corrected chi connectivity index (χ1v) is 13.0. The molecule has 3 aromatic heterocycles. The van der Waals surface area contributed by atoms with Crippen molar-refractivity contribution in [3.05, 3.63) is 86.6 Å². The van der Waals surface area contributed by atoms with Crippen molar-refractivity contribution in [1.29, 1.82) is 0 Å². The Balaban J connectivity index is 1.79. The first-order chi connectivity index (χ1) is 18.5. The van der Waals surface area contributed by atoms with Crippen LogP contribution in [0.2, 0.25) is 5.02 Å². The molecule has 9 nitrogen and oxygen atoms in total. The maximum absolute atomic E-state index is 14.2. The van der Waals surface area contributed by atoms with Crippen LogP contribution < -0.4 is 20.1 Å². The van der Waals surface area contributed by atoms with Gasteiger partial charge in [0, 0.05) is 50.7 Å². The Morgan fingerprint density at radius 2 is 1.77 bits per heavy atom. The molecule has 1 aromatic carbocycles. The first kappa shape index (κ1) is 26.5. The predicted molar refractivity (Wildman–Crippen MR) is 153 cm³/mol. The number of fused-ring (bicyclic) bond motifs is 1. The van der Waals surface area contributed by atoms with Crippen LogP contribution in [0.1, 0.15) is 53.1 Å². The molecule has 1 aliphatic heterocycles. The number of carbonyl (C=O) groups is 1. The lowest BCUT2D eigenvalue weighted by Gasteiger charge is -2.30. The minimum Gasteiger partial charge on any atom is -0.480 e. The van der Waals surface area contributed by atoms with E-state index in [0.717, 1.165) is 22.5 Å². The van der Waals surface area contributed by atoms with Crippen LogP contribution in [0.4, 0.5) is 11.6 Å². The standard InChI is InChI=1S/C29H31ClN6O3/c1-16(2)35-22(21-14-31-29(33(4)5)32-27(21)39-7)13-20-26(35)25(18-8-10-19(30)11-9-18)36(28(20)38)23-15-34(6)24(37)12-17(23)3/h8-16,25H,1-7H3. The molecule has 0 N–H and O–H groups in total. The Kier molecular flexibility index (Phi) is 6.72. The third-order valence-corrected chi connectivity index (χ3v) is 7.27. The van der Waals surface area contributed by atoms with E-state index < -0.39 is 6.04 Å². The number of pyridine rings is 1. The van der Waals surface area contributed by atoms with E-state index in [0.29, 0.717) is 33.7 Å². The highest BCUT2D eigenvalue weighted by Crippen LogP contribution is 2.47. The lowest BCUT2D eigenvalue weighted by atomic mass is 10.0. The summed E-state index contributed by atoms with van der Waals surface area (Å²) in [5.74, 6) is 0.794. The molecule has 0 aliphatic carbocycles. The Labute approximate surface area is 232 Å². The molecule has 1 unspecified atom stereocenters. The number of anilines is 2. The van der Waals surface area contributed by atoms with Gasteiger partial charge < -0.3 is 18.8 Å². The van der Waals surface area contributed by atoms with Crippen LogP contribution in [0.15, 0.2) is 53.6 Å². The van der Waals surface area contributed by atoms with Gasteiger partial charge in [0.25, 0.3) is 11.5 Å². The number of aryl methyl sites for hydroxylation is 2. The summed E-state index contributed by atoms with van der Waals surface area (Å²) in [5, 5.41) is 0.607. The number of nitrogens with zero attached hydrogens (tertiary/aromatic N) is 6. The largest absolute Gasteiger partial charge is 0.480 e. The number of ether oxygens (including phenoxy) is 1. The molecule has 39 heavy (non-hydrogen) atoms. The van der Waals surface area contributed by atoms with Crippen molar-refractivity contribution in [2.75, 3.05) is 31.0 Å². The molecule has 5 rings (SSSR count). The number of hydrogen-bond donors (Lipinski definition) is 0. The summed E-state index contributed by atoms with van der Waals surface area (Å²) in [6.07, 6.45) is 3.46. The lowest BCUT2D eigenvalue weighted by molar-refractivity contribution is 0.0993. The normalized spacial score (nSPS) is 14.7. The maximum atomic E-state index is 14.2. The van der Waals surface area contributed by atoms with Crippen molar-refractivity contribution >= 4 is 29.1 Å². The van der Waals surface area contributed by atoms with E-state index >= 15 is 0 Å². The van der Waals surface area contributed by atoms with Gasteiger partial charge in [-0.05, 0) is 50.1 Å². The smallest absolute Gasteiger partial charge is 0.261 e. The SMILES string of the molecule is COc1nc(N(C)C)ncc1-c1cc2c(n1C(C)C)C(c1ccc(Cl)cc1)N(c1cn(C)c(=O)cc1C)C2=O. The summed E-state index contributed by atoms with van der Waals surface area (Å²) < 4.78 is 9.32. The molecule has 0 fully saturated rings. The Morgan fingerprint density at radius 3 is 2.38 bits per heavy atom. The molecule has 4 heterocycles. The van der Waals surface area contributed by atoms with Gasteiger partial charge in [0.2, 0.25) is 11.8 Å². The Morgan fingerprint density at radius 1 is 1.08 bits per heavy atom. The van der Waals surface area contributed by atoms with Gasteiger partial charge in [0.05, 0.1) is 35.3 Å². The fraction of sp³-hybridized carbons (Fsp3) is 0.310. The van der Waals surface area contributed by atoms with Crippen LogP contribution in [0.25, 0.3) is 11.3 Å². The van der Waals surface area contributed by atoms with Crippen LogP contribution in [0.5, 0.6) is 5.88 Å². The van der Waals surface area contributed by atoms with Gasteiger partial charge >= 0.3 is 0 Å². The molecule has 0 saturated carbocycles. The van der Waals surface area contributed by atoms with Crippen molar-refractivity contribution < 1.29 is 9.53 Å². The number of rotatable bonds is 6. The average molecular weight is 547 g/mol. The molecular weight excluding hydrogens is 516 g/mol. The molecule has 0 spiro atoms. The van der Waals surface area contributed by atoms with Gasteiger partial charge in [-0.3, -0.25) is 14.5 Å². The molecule has 1 atom stereocenters. The van der Waals surface area contributed by atoms with Crippen LogP contribution in [0.3, 0.4) is 0 Å². The second-order valence-corrected chi connectivity index (χ2v) is 10.6. The molecule has 4 aromatic rings. The molecule has 202 valence electrons. The van der Waals surface area contributed by atoms with Crippen molar-refractivity contribution in [2.24, 2.45) is 7.05 Å². The Hall–Kier alpha value is -4.11. The summed E-state index contributed by atoms with van der Waals surface area (Å²) in [4.78, 5) is 39.3. The average Bonchev–Trinajstić information content (AvgIpc) is 3.41. The zero-order valence-corrected chi connectivity index (χ0v) is 23.8. The summed E-state index contributed by atoms with van der Waals surface area (Å²) in [7, 11) is 7.00. The number of aromatic nitrogens is 4. The summed E-state index contributed by atoms with van der Waals surface area (Å²) in [5.41, 5.74) is 5.07. The number of benzene rings is 1. The third-order valence-electron chi connectivity index (χ3n) is 7.02. The van der Waals surface area contributed by atoms with Gasteiger partial charge in [0.15, 0.2) is 0 Å². The third kappa shape index (κ3) is 4.36. The number of methoxy groups -OCH3 is 1. The van der Waals surface area contributed by atoms with E-state index in [-0.39, 0.29) is 17.5 Å². The molecular formula is C29H31ClN6O3. The zero-order valence-electron chi connectivity index (χ0n) is 23.1. The highest BCUT2D eigenvalue weighted by Gasteiger charge is 2.44. The van der Waals surface area contributed by atoms with Crippen LogP contribution >= 0.6 is 11.6 Å². The van der Waals surface area contributed by atoms with Crippen molar-refractivity contribution in [3.8, 4) is 17.1 Å². The number of halogens is 1. The van der Waals surface area contributed by atoms with Crippen molar-refractivity contribution in [2.45, 2.75) is 32.9 Å². The second-order valence-electron chi connectivity index (χ2n) is 10.2. The molecule has 0 saturated heterocycles. The number of hydrogen-bond acceptors (Lipinski definition) is 6. The van der Waals surface area contributed by atoms with Gasteiger partial charge in [-0.25, -0.2) is 4.98 Å². The monoisotopic (exact) mass is 546 g/mol. The Bertz CT molecular complexity index is 1640. The van der Waals surface area contributed by atoms with Crippen LogP contribution in [-0.2, 0) is 7.05 Å². The van der Waals surface area contributed by atoms with Gasteiger partial charge in [-0.1, -0.05) is 23.7 Å². The second kappa shape index (κ2) is 9.89. The quantitative estimate of drug-likeness (QED) is 0.338. The van der Waals surface area contributed by atoms with E-state index in [4.69, 9.17) is 16.3 Å².